The Hall–Kier alpha value is -2.33. The summed E-state index contributed by atoms with van der Waals surface area (Å²) in [5.41, 5.74) is 10.9. The molecule has 0 spiro atoms. The zero-order valence-electron chi connectivity index (χ0n) is 14.3. The zero-order chi connectivity index (χ0) is 17.1. The van der Waals surface area contributed by atoms with Gasteiger partial charge in [0.2, 0.25) is 0 Å². The Morgan fingerprint density at radius 2 is 1.83 bits per heavy atom. The molecule has 1 aliphatic heterocycles. The highest BCUT2D eigenvalue weighted by Crippen LogP contribution is 2.28. The summed E-state index contributed by atoms with van der Waals surface area (Å²) in [6.45, 7) is 5.54. The minimum absolute atomic E-state index is 0.00637. The van der Waals surface area contributed by atoms with E-state index in [0.717, 1.165) is 12.1 Å². The van der Waals surface area contributed by atoms with Gasteiger partial charge in [-0.25, -0.2) is 4.79 Å². The standard InChI is InChI=1S/C20H25N3O/c1-14-8-9-16(10-15(14)2)17-11-18(21)13-23(12-17)20(24)22-19-6-4-3-5-7-19/h3-10,17-18H,11-13,21H2,1-2H3,(H,22,24). The molecule has 24 heavy (non-hydrogen) atoms. The first-order valence-corrected chi connectivity index (χ1v) is 8.46. The topological polar surface area (TPSA) is 58.4 Å². The summed E-state index contributed by atoms with van der Waals surface area (Å²) in [7, 11) is 0. The Morgan fingerprint density at radius 3 is 2.54 bits per heavy atom. The van der Waals surface area contributed by atoms with Gasteiger partial charge in [-0.2, -0.15) is 0 Å². The molecule has 3 rings (SSSR count). The van der Waals surface area contributed by atoms with Crippen molar-refractivity contribution < 1.29 is 4.79 Å². The molecule has 126 valence electrons. The van der Waals surface area contributed by atoms with Crippen LogP contribution in [0.1, 0.15) is 29.0 Å². The molecule has 1 aliphatic rings. The fourth-order valence-electron chi connectivity index (χ4n) is 3.29. The minimum Gasteiger partial charge on any atom is -0.326 e. The average Bonchev–Trinajstić information content (AvgIpc) is 2.57. The highest BCUT2D eigenvalue weighted by atomic mass is 16.2. The van der Waals surface area contributed by atoms with E-state index in [2.05, 4.69) is 37.4 Å². The van der Waals surface area contributed by atoms with Crippen LogP contribution in [0, 0.1) is 13.8 Å². The van der Waals surface area contributed by atoms with Crippen LogP contribution in [-0.4, -0.2) is 30.1 Å². The smallest absolute Gasteiger partial charge is 0.321 e. The van der Waals surface area contributed by atoms with Crippen LogP contribution in [0.4, 0.5) is 10.5 Å². The minimum atomic E-state index is -0.0785. The van der Waals surface area contributed by atoms with Gasteiger partial charge < -0.3 is 16.0 Å². The van der Waals surface area contributed by atoms with Crippen molar-refractivity contribution in [1.29, 1.82) is 0 Å². The molecule has 0 bridgehead atoms. The molecular formula is C20H25N3O. The number of para-hydroxylation sites is 1. The number of hydrogen-bond donors (Lipinski definition) is 2. The molecular weight excluding hydrogens is 298 g/mol. The van der Waals surface area contributed by atoms with E-state index in [4.69, 9.17) is 5.73 Å². The van der Waals surface area contributed by atoms with Gasteiger partial charge in [0, 0.05) is 30.7 Å². The summed E-state index contributed by atoms with van der Waals surface area (Å²) in [4.78, 5) is 14.4. The number of amides is 2. The molecule has 0 aromatic heterocycles. The fraction of sp³-hybridized carbons (Fsp3) is 0.350. The number of aryl methyl sites for hydroxylation is 2. The molecule has 2 aromatic rings. The van der Waals surface area contributed by atoms with Gasteiger partial charge >= 0.3 is 6.03 Å². The van der Waals surface area contributed by atoms with Crippen molar-refractivity contribution in [3.63, 3.8) is 0 Å². The Labute approximate surface area is 143 Å². The third-order valence-corrected chi connectivity index (χ3v) is 4.80. The molecule has 0 radical (unpaired) electrons. The normalized spacial score (nSPS) is 20.7. The van der Waals surface area contributed by atoms with Gasteiger partial charge in [-0.15, -0.1) is 0 Å². The number of likely N-dealkylation sites (tertiary alicyclic amines) is 1. The first-order valence-electron chi connectivity index (χ1n) is 8.46. The van der Waals surface area contributed by atoms with E-state index in [0.29, 0.717) is 13.1 Å². The van der Waals surface area contributed by atoms with Crippen LogP contribution in [0.3, 0.4) is 0 Å². The third-order valence-electron chi connectivity index (χ3n) is 4.80. The van der Waals surface area contributed by atoms with E-state index < -0.39 is 0 Å². The molecule has 1 fully saturated rings. The second-order valence-corrected chi connectivity index (χ2v) is 6.74. The number of carbonyl (C=O) groups excluding carboxylic acids is 1. The number of anilines is 1. The highest BCUT2D eigenvalue weighted by Gasteiger charge is 2.29. The first-order chi connectivity index (χ1) is 11.5. The number of rotatable bonds is 2. The van der Waals surface area contributed by atoms with Crippen molar-refractivity contribution in [1.82, 2.24) is 4.90 Å². The molecule has 2 amide bonds. The molecule has 2 aromatic carbocycles. The maximum atomic E-state index is 12.6. The van der Waals surface area contributed by atoms with Crippen LogP contribution in [0.25, 0.3) is 0 Å². The van der Waals surface area contributed by atoms with Crippen molar-refractivity contribution in [2.24, 2.45) is 5.73 Å². The molecule has 2 unspecified atom stereocenters. The summed E-state index contributed by atoms with van der Waals surface area (Å²) < 4.78 is 0. The third kappa shape index (κ3) is 3.77. The van der Waals surface area contributed by atoms with Crippen molar-refractivity contribution in [3.05, 3.63) is 65.2 Å². The summed E-state index contributed by atoms with van der Waals surface area (Å²) in [5, 5.41) is 2.96. The van der Waals surface area contributed by atoms with Gasteiger partial charge in [0.25, 0.3) is 0 Å². The van der Waals surface area contributed by atoms with Crippen LogP contribution in [0.2, 0.25) is 0 Å². The summed E-state index contributed by atoms with van der Waals surface area (Å²) in [6.07, 6.45) is 0.914. The molecule has 1 saturated heterocycles. The summed E-state index contributed by atoms with van der Waals surface area (Å²) in [6, 6.07) is 16.0. The lowest BCUT2D eigenvalue weighted by Gasteiger charge is -2.36. The van der Waals surface area contributed by atoms with Crippen LogP contribution in [-0.2, 0) is 0 Å². The number of urea groups is 1. The lowest BCUT2D eigenvalue weighted by atomic mass is 9.87. The second-order valence-electron chi connectivity index (χ2n) is 6.74. The van der Waals surface area contributed by atoms with Gasteiger partial charge in [-0.1, -0.05) is 36.4 Å². The van der Waals surface area contributed by atoms with Gasteiger partial charge in [0.15, 0.2) is 0 Å². The first kappa shape index (κ1) is 16.5. The lowest BCUT2D eigenvalue weighted by Crippen LogP contribution is -2.50. The molecule has 0 saturated carbocycles. The maximum absolute atomic E-state index is 12.6. The Morgan fingerprint density at radius 1 is 1.08 bits per heavy atom. The van der Waals surface area contributed by atoms with Gasteiger partial charge in [-0.3, -0.25) is 0 Å². The molecule has 2 atom stereocenters. The molecule has 4 nitrogen and oxygen atoms in total. The second kappa shape index (κ2) is 7.05. The van der Waals surface area contributed by atoms with E-state index >= 15 is 0 Å². The molecule has 0 aliphatic carbocycles. The van der Waals surface area contributed by atoms with Crippen LogP contribution >= 0.6 is 0 Å². The fourth-order valence-corrected chi connectivity index (χ4v) is 3.29. The van der Waals surface area contributed by atoms with E-state index in [1.54, 1.807) is 0 Å². The number of piperidine rings is 1. The highest BCUT2D eigenvalue weighted by molar-refractivity contribution is 5.89. The lowest BCUT2D eigenvalue weighted by molar-refractivity contribution is 0.184. The summed E-state index contributed by atoms with van der Waals surface area (Å²) in [5.74, 6) is 0.287. The predicted molar refractivity (Wildman–Crippen MR) is 98.3 cm³/mol. The largest absolute Gasteiger partial charge is 0.326 e. The SMILES string of the molecule is Cc1ccc(C2CC(N)CN(C(=O)Nc3ccccc3)C2)cc1C. The summed E-state index contributed by atoms with van der Waals surface area (Å²) >= 11 is 0. The Balaban J connectivity index is 1.73. The number of nitrogens with zero attached hydrogens (tertiary/aromatic N) is 1. The molecule has 1 heterocycles. The van der Waals surface area contributed by atoms with Crippen LogP contribution in [0.5, 0.6) is 0 Å². The number of nitrogens with two attached hydrogens (primary N) is 1. The Kier molecular flexibility index (Phi) is 4.86. The van der Waals surface area contributed by atoms with E-state index in [-0.39, 0.29) is 18.0 Å². The van der Waals surface area contributed by atoms with Crippen molar-refractivity contribution in [2.75, 3.05) is 18.4 Å². The monoisotopic (exact) mass is 323 g/mol. The van der Waals surface area contributed by atoms with E-state index in [1.807, 2.05) is 35.2 Å². The number of benzene rings is 2. The van der Waals surface area contributed by atoms with Gasteiger partial charge in [0.05, 0.1) is 0 Å². The Bertz CT molecular complexity index is 714. The average molecular weight is 323 g/mol. The zero-order valence-corrected chi connectivity index (χ0v) is 14.3. The van der Waals surface area contributed by atoms with Crippen molar-refractivity contribution >= 4 is 11.7 Å². The number of nitrogens with one attached hydrogen (secondary N) is 1. The predicted octanol–water partition coefficient (Wildman–Crippen LogP) is 3.65. The van der Waals surface area contributed by atoms with E-state index in [1.165, 1.54) is 16.7 Å². The van der Waals surface area contributed by atoms with Crippen molar-refractivity contribution in [2.45, 2.75) is 32.2 Å². The van der Waals surface area contributed by atoms with Gasteiger partial charge in [0.1, 0.15) is 0 Å². The van der Waals surface area contributed by atoms with E-state index in [9.17, 15) is 4.79 Å². The van der Waals surface area contributed by atoms with Crippen LogP contribution in [0.15, 0.2) is 48.5 Å². The van der Waals surface area contributed by atoms with Crippen molar-refractivity contribution in [3.8, 4) is 0 Å². The number of carbonyl (C=O) groups is 1. The maximum Gasteiger partial charge on any atom is 0.321 e. The quantitative estimate of drug-likeness (QED) is 0.886. The molecule has 3 N–H and O–H groups in total. The number of hydrogen-bond acceptors (Lipinski definition) is 2. The van der Waals surface area contributed by atoms with Crippen LogP contribution < -0.4 is 11.1 Å². The molecule has 4 heteroatoms. The van der Waals surface area contributed by atoms with Gasteiger partial charge in [-0.05, 0) is 49.1 Å².